The van der Waals surface area contributed by atoms with E-state index in [0.29, 0.717) is 4.90 Å². The Morgan fingerprint density at radius 2 is 2.14 bits per heavy atom. The van der Waals surface area contributed by atoms with Crippen molar-refractivity contribution >= 4 is 9.84 Å². The number of hydrogen-bond donors (Lipinski definition) is 1. The molecule has 0 saturated heterocycles. The van der Waals surface area contributed by atoms with Crippen molar-refractivity contribution in [1.82, 2.24) is 0 Å². The van der Waals surface area contributed by atoms with Gasteiger partial charge in [0.05, 0.1) is 4.90 Å². The Morgan fingerprint density at radius 3 is 2.79 bits per heavy atom. The summed E-state index contributed by atoms with van der Waals surface area (Å²) in [5, 5.41) is 0. The average Bonchev–Trinajstić information content (AvgIpc) is 2.46. The van der Waals surface area contributed by atoms with E-state index in [1.165, 1.54) is 11.8 Å². The first-order valence-corrected chi connectivity index (χ1v) is 6.46. The van der Waals surface area contributed by atoms with Crippen LogP contribution in [0, 0.1) is 0 Å². The van der Waals surface area contributed by atoms with Crippen LogP contribution >= 0.6 is 0 Å². The highest BCUT2D eigenvalue weighted by molar-refractivity contribution is 7.90. The second-order valence-electron chi connectivity index (χ2n) is 3.78. The van der Waals surface area contributed by atoms with Crippen molar-refractivity contribution in [1.29, 1.82) is 0 Å². The van der Waals surface area contributed by atoms with Gasteiger partial charge in [-0.05, 0) is 36.1 Å². The van der Waals surface area contributed by atoms with E-state index in [9.17, 15) is 8.42 Å². The molecule has 0 saturated carbocycles. The molecule has 1 atom stereocenters. The van der Waals surface area contributed by atoms with E-state index in [-0.39, 0.29) is 6.04 Å². The number of sulfone groups is 1. The number of benzene rings is 1. The van der Waals surface area contributed by atoms with Gasteiger partial charge in [-0.25, -0.2) is 8.42 Å². The third-order valence-corrected chi connectivity index (χ3v) is 3.78. The summed E-state index contributed by atoms with van der Waals surface area (Å²) in [6.45, 7) is 0. The largest absolute Gasteiger partial charge is 0.324 e. The molecule has 3 nitrogen and oxygen atoms in total. The van der Waals surface area contributed by atoms with E-state index in [1.807, 2.05) is 6.07 Å². The highest BCUT2D eigenvalue weighted by Crippen LogP contribution is 2.30. The van der Waals surface area contributed by atoms with Crippen LogP contribution in [0.1, 0.15) is 23.6 Å². The van der Waals surface area contributed by atoms with Crippen LogP contribution in [-0.2, 0) is 16.3 Å². The molecule has 2 N–H and O–H groups in total. The Kier molecular flexibility index (Phi) is 2.12. The highest BCUT2D eigenvalue weighted by atomic mass is 32.2. The Balaban J connectivity index is 2.56. The fraction of sp³-hybridized carbons (Fsp3) is 0.400. The number of hydrogen-bond acceptors (Lipinski definition) is 3. The second-order valence-corrected chi connectivity index (χ2v) is 5.79. The summed E-state index contributed by atoms with van der Waals surface area (Å²) in [4.78, 5) is 0.369. The van der Waals surface area contributed by atoms with Gasteiger partial charge in [-0.1, -0.05) is 6.07 Å². The Morgan fingerprint density at radius 1 is 1.43 bits per heavy atom. The minimum atomic E-state index is -3.10. The zero-order valence-electron chi connectivity index (χ0n) is 8.03. The van der Waals surface area contributed by atoms with Crippen molar-refractivity contribution in [3.8, 4) is 0 Å². The van der Waals surface area contributed by atoms with Crippen LogP contribution in [0.15, 0.2) is 23.1 Å². The van der Waals surface area contributed by atoms with Crippen LogP contribution in [0.5, 0.6) is 0 Å². The molecular formula is C10H13NO2S. The Hall–Kier alpha value is -0.870. The molecule has 0 spiro atoms. The molecule has 14 heavy (non-hydrogen) atoms. The summed E-state index contributed by atoms with van der Waals surface area (Å²) in [6.07, 6.45) is 3.10. The average molecular weight is 211 g/mol. The number of aryl methyl sites for hydroxylation is 1. The van der Waals surface area contributed by atoms with Crippen LogP contribution in [-0.4, -0.2) is 14.7 Å². The minimum absolute atomic E-state index is 0.00620. The first-order valence-electron chi connectivity index (χ1n) is 4.57. The maximum absolute atomic E-state index is 11.3. The van der Waals surface area contributed by atoms with Gasteiger partial charge in [0.25, 0.3) is 0 Å². The van der Waals surface area contributed by atoms with Crippen molar-refractivity contribution in [2.75, 3.05) is 6.26 Å². The lowest BCUT2D eigenvalue weighted by atomic mass is 10.1. The van der Waals surface area contributed by atoms with Gasteiger partial charge in [0.1, 0.15) is 0 Å². The molecule has 4 heteroatoms. The van der Waals surface area contributed by atoms with E-state index in [4.69, 9.17) is 5.73 Å². The van der Waals surface area contributed by atoms with Gasteiger partial charge >= 0.3 is 0 Å². The fourth-order valence-corrected chi connectivity index (χ4v) is 2.50. The summed E-state index contributed by atoms with van der Waals surface area (Å²) < 4.78 is 22.6. The Bertz CT molecular complexity index is 465. The van der Waals surface area contributed by atoms with Crippen LogP contribution in [0.25, 0.3) is 0 Å². The van der Waals surface area contributed by atoms with Gasteiger partial charge in [0, 0.05) is 12.3 Å². The molecule has 2 rings (SSSR count). The summed E-state index contributed by atoms with van der Waals surface area (Å²) in [5.74, 6) is 0. The van der Waals surface area contributed by atoms with Crippen molar-refractivity contribution in [3.63, 3.8) is 0 Å². The molecule has 0 unspecified atom stereocenters. The molecule has 1 aromatic carbocycles. The minimum Gasteiger partial charge on any atom is -0.324 e. The lowest BCUT2D eigenvalue weighted by Crippen LogP contribution is -2.06. The molecule has 0 amide bonds. The molecule has 76 valence electrons. The van der Waals surface area contributed by atoms with E-state index in [0.717, 1.165) is 18.4 Å². The first kappa shape index (κ1) is 9.68. The van der Waals surface area contributed by atoms with E-state index in [2.05, 4.69) is 0 Å². The SMILES string of the molecule is CS(=O)(=O)c1ccc2c(c1)[C@H](N)CC2. The molecule has 1 aromatic rings. The topological polar surface area (TPSA) is 60.2 Å². The van der Waals surface area contributed by atoms with Gasteiger partial charge in [-0.2, -0.15) is 0 Å². The quantitative estimate of drug-likeness (QED) is 0.755. The maximum atomic E-state index is 11.3. The van der Waals surface area contributed by atoms with Gasteiger partial charge in [-0.15, -0.1) is 0 Å². The summed E-state index contributed by atoms with van der Waals surface area (Å²) in [5.41, 5.74) is 8.04. The summed E-state index contributed by atoms with van der Waals surface area (Å²) in [6, 6.07) is 5.25. The number of nitrogens with two attached hydrogens (primary N) is 1. The molecule has 0 aliphatic heterocycles. The first-order chi connectivity index (χ1) is 6.48. The molecular weight excluding hydrogens is 198 g/mol. The molecule has 0 heterocycles. The van der Waals surface area contributed by atoms with Crippen LogP contribution in [0.4, 0.5) is 0 Å². The maximum Gasteiger partial charge on any atom is 0.175 e. The van der Waals surface area contributed by atoms with Crippen molar-refractivity contribution < 1.29 is 8.42 Å². The second kappa shape index (κ2) is 3.07. The van der Waals surface area contributed by atoms with Gasteiger partial charge in [0.2, 0.25) is 0 Å². The third-order valence-electron chi connectivity index (χ3n) is 2.67. The van der Waals surface area contributed by atoms with E-state index >= 15 is 0 Å². The lowest BCUT2D eigenvalue weighted by molar-refractivity contribution is 0.601. The summed E-state index contributed by atoms with van der Waals surface area (Å²) in [7, 11) is -3.10. The molecule has 1 aliphatic carbocycles. The van der Waals surface area contributed by atoms with Crippen LogP contribution in [0.2, 0.25) is 0 Å². The third kappa shape index (κ3) is 1.55. The van der Waals surface area contributed by atoms with Gasteiger partial charge in [-0.3, -0.25) is 0 Å². The van der Waals surface area contributed by atoms with Crippen molar-refractivity contribution in [2.24, 2.45) is 5.73 Å². The molecule has 1 aliphatic rings. The lowest BCUT2D eigenvalue weighted by Gasteiger charge is -2.06. The zero-order chi connectivity index (χ0) is 10.3. The highest BCUT2D eigenvalue weighted by Gasteiger charge is 2.20. The standard InChI is InChI=1S/C10H13NO2S/c1-14(12,13)8-4-2-7-3-5-10(11)9(7)6-8/h2,4,6,10H,3,5,11H2,1H3/t10-/m1/s1. The predicted molar refractivity (Wildman–Crippen MR) is 54.8 cm³/mol. The molecule has 0 aromatic heterocycles. The summed E-state index contributed by atoms with van der Waals surface area (Å²) >= 11 is 0. The van der Waals surface area contributed by atoms with E-state index < -0.39 is 9.84 Å². The zero-order valence-corrected chi connectivity index (χ0v) is 8.84. The van der Waals surface area contributed by atoms with E-state index in [1.54, 1.807) is 12.1 Å². The van der Waals surface area contributed by atoms with Gasteiger partial charge < -0.3 is 5.73 Å². The Labute approximate surface area is 83.9 Å². The fourth-order valence-electron chi connectivity index (χ4n) is 1.84. The van der Waals surface area contributed by atoms with Crippen molar-refractivity contribution in [3.05, 3.63) is 29.3 Å². The van der Waals surface area contributed by atoms with Crippen LogP contribution < -0.4 is 5.73 Å². The molecule has 0 bridgehead atoms. The van der Waals surface area contributed by atoms with Crippen LogP contribution in [0.3, 0.4) is 0 Å². The monoisotopic (exact) mass is 211 g/mol. The normalized spacial score (nSPS) is 20.9. The number of rotatable bonds is 1. The molecule has 0 radical (unpaired) electrons. The predicted octanol–water partition coefficient (Wildman–Crippen LogP) is 1.04. The number of fused-ring (bicyclic) bond motifs is 1. The van der Waals surface area contributed by atoms with Crippen molar-refractivity contribution in [2.45, 2.75) is 23.8 Å². The smallest absolute Gasteiger partial charge is 0.175 e. The van der Waals surface area contributed by atoms with Gasteiger partial charge in [0.15, 0.2) is 9.84 Å². The molecule has 0 fully saturated rings.